The van der Waals surface area contributed by atoms with E-state index in [1.165, 1.54) is 0 Å². The summed E-state index contributed by atoms with van der Waals surface area (Å²) in [6.45, 7) is 14.7. The Labute approximate surface area is 83.3 Å². The van der Waals surface area contributed by atoms with Crippen molar-refractivity contribution in [2.24, 2.45) is 11.5 Å². The van der Waals surface area contributed by atoms with Crippen LogP contribution in [0.2, 0.25) is 13.1 Å². The van der Waals surface area contributed by atoms with Gasteiger partial charge in [0.25, 0.3) is 0 Å². The lowest BCUT2D eigenvalue weighted by molar-refractivity contribution is 0.109. The van der Waals surface area contributed by atoms with Crippen LogP contribution in [-0.2, 0) is 4.43 Å². The first-order valence-corrected chi connectivity index (χ1v) is 7.55. The van der Waals surface area contributed by atoms with Gasteiger partial charge in [-0.05, 0) is 26.9 Å². The maximum Gasteiger partial charge on any atom is 0.200 e. The molecule has 4 N–H and O–H groups in total. The van der Waals surface area contributed by atoms with E-state index < -0.39 is 8.32 Å². The molecule has 0 saturated heterocycles. The van der Waals surface area contributed by atoms with Gasteiger partial charge in [0.2, 0.25) is 8.32 Å². The molecule has 0 aliphatic rings. The fraction of sp³-hybridized carbons (Fsp3) is 0.778. The summed E-state index contributed by atoms with van der Waals surface area (Å²) in [6.07, 6.45) is 0.649. The molecule has 0 bridgehead atoms. The second-order valence-electron chi connectivity index (χ2n) is 4.03. The summed E-state index contributed by atoms with van der Waals surface area (Å²) in [4.78, 5) is 0. The van der Waals surface area contributed by atoms with E-state index in [9.17, 15) is 0 Å². The van der Waals surface area contributed by atoms with E-state index in [2.05, 4.69) is 26.3 Å². The Bertz CT molecular complexity index is 124. The van der Waals surface area contributed by atoms with Crippen molar-refractivity contribution in [2.45, 2.75) is 32.5 Å². The Morgan fingerprint density at radius 3 is 1.85 bits per heavy atom. The SMILES string of the molecule is C=C.CC(C)(CN)O[Si](C)(C)CN. The van der Waals surface area contributed by atoms with Crippen molar-refractivity contribution in [1.29, 1.82) is 0 Å². The fourth-order valence-corrected chi connectivity index (χ4v) is 2.49. The van der Waals surface area contributed by atoms with E-state index in [-0.39, 0.29) is 5.60 Å². The lowest BCUT2D eigenvalue weighted by Crippen LogP contribution is -2.49. The minimum absolute atomic E-state index is 0.213. The zero-order chi connectivity index (χ0) is 11.1. The second-order valence-corrected chi connectivity index (χ2v) is 8.16. The molecular weight excluding hydrogens is 180 g/mol. The Hall–Kier alpha value is -0.163. The summed E-state index contributed by atoms with van der Waals surface area (Å²) in [6, 6.07) is 0. The van der Waals surface area contributed by atoms with Crippen LogP contribution in [0.4, 0.5) is 0 Å². The van der Waals surface area contributed by atoms with Crippen LogP contribution in [0.25, 0.3) is 0 Å². The number of rotatable bonds is 4. The van der Waals surface area contributed by atoms with Crippen molar-refractivity contribution in [3.63, 3.8) is 0 Å². The third-order valence-electron chi connectivity index (χ3n) is 1.54. The zero-order valence-electron chi connectivity index (χ0n) is 9.39. The van der Waals surface area contributed by atoms with Crippen LogP contribution in [-0.4, -0.2) is 26.6 Å². The van der Waals surface area contributed by atoms with Crippen LogP contribution in [0.5, 0.6) is 0 Å². The highest BCUT2D eigenvalue weighted by Gasteiger charge is 2.28. The Balaban J connectivity index is 0. The quantitative estimate of drug-likeness (QED) is 0.535. The maximum atomic E-state index is 5.81. The molecule has 0 rings (SSSR count). The smallest absolute Gasteiger partial charge is 0.200 e. The summed E-state index contributed by atoms with van der Waals surface area (Å²) >= 11 is 0. The lowest BCUT2D eigenvalue weighted by atomic mass is 10.1. The van der Waals surface area contributed by atoms with Gasteiger partial charge in [0, 0.05) is 12.7 Å². The maximum absolute atomic E-state index is 5.81. The first-order chi connectivity index (χ1) is 5.83. The molecule has 3 nitrogen and oxygen atoms in total. The van der Waals surface area contributed by atoms with Gasteiger partial charge >= 0.3 is 0 Å². The zero-order valence-corrected chi connectivity index (χ0v) is 10.4. The van der Waals surface area contributed by atoms with Gasteiger partial charge in [-0.3, -0.25) is 0 Å². The summed E-state index contributed by atoms with van der Waals surface area (Å²) < 4.78 is 5.81. The third kappa shape index (κ3) is 8.17. The summed E-state index contributed by atoms with van der Waals surface area (Å²) in [5.74, 6) is 0. The van der Waals surface area contributed by atoms with Gasteiger partial charge in [0.1, 0.15) is 0 Å². The van der Waals surface area contributed by atoms with E-state index in [1.807, 2.05) is 13.8 Å². The molecule has 0 fully saturated rings. The van der Waals surface area contributed by atoms with Crippen LogP contribution in [0, 0.1) is 0 Å². The van der Waals surface area contributed by atoms with E-state index >= 15 is 0 Å². The van der Waals surface area contributed by atoms with E-state index in [0.29, 0.717) is 12.7 Å². The van der Waals surface area contributed by atoms with Gasteiger partial charge in [-0.1, -0.05) is 0 Å². The van der Waals surface area contributed by atoms with Gasteiger partial charge in [-0.15, -0.1) is 13.2 Å². The van der Waals surface area contributed by atoms with Crippen LogP contribution < -0.4 is 11.5 Å². The molecule has 0 heterocycles. The first-order valence-electron chi connectivity index (χ1n) is 4.43. The first kappa shape index (κ1) is 15.3. The van der Waals surface area contributed by atoms with E-state index in [4.69, 9.17) is 15.9 Å². The summed E-state index contributed by atoms with van der Waals surface area (Å²) in [5.41, 5.74) is 10.9. The van der Waals surface area contributed by atoms with Crippen molar-refractivity contribution >= 4 is 8.32 Å². The monoisotopic (exact) mass is 204 g/mol. The Morgan fingerprint density at radius 2 is 1.62 bits per heavy atom. The van der Waals surface area contributed by atoms with Crippen molar-refractivity contribution < 1.29 is 4.43 Å². The van der Waals surface area contributed by atoms with Crippen molar-refractivity contribution in [2.75, 3.05) is 12.7 Å². The highest BCUT2D eigenvalue weighted by molar-refractivity contribution is 6.71. The number of nitrogens with two attached hydrogens (primary N) is 2. The Morgan fingerprint density at radius 1 is 1.23 bits per heavy atom. The molecule has 80 valence electrons. The molecule has 0 aliphatic heterocycles. The molecule has 0 radical (unpaired) electrons. The van der Waals surface area contributed by atoms with Crippen LogP contribution >= 0.6 is 0 Å². The molecule has 0 aliphatic carbocycles. The highest BCUT2D eigenvalue weighted by atomic mass is 28.4. The molecule has 0 atom stereocenters. The predicted octanol–water partition coefficient (Wildman–Crippen LogP) is 1.25. The van der Waals surface area contributed by atoms with Crippen LogP contribution in [0.15, 0.2) is 13.2 Å². The van der Waals surface area contributed by atoms with Crippen LogP contribution in [0.3, 0.4) is 0 Å². The molecule has 0 aromatic rings. The standard InChI is InChI=1S/C7H20N2OSi.C2H4/c1-7(2,5-8)10-11(3,4)6-9;1-2/h5-6,8-9H2,1-4H3;1-2H2. The molecule has 0 spiro atoms. The largest absolute Gasteiger partial charge is 0.410 e. The third-order valence-corrected chi connectivity index (χ3v) is 3.62. The van der Waals surface area contributed by atoms with Crippen LogP contribution in [0.1, 0.15) is 13.8 Å². The topological polar surface area (TPSA) is 61.3 Å². The van der Waals surface area contributed by atoms with E-state index in [0.717, 1.165) is 0 Å². The van der Waals surface area contributed by atoms with Gasteiger partial charge < -0.3 is 15.9 Å². The van der Waals surface area contributed by atoms with E-state index in [1.54, 1.807) is 0 Å². The van der Waals surface area contributed by atoms with Gasteiger partial charge in [0.05, 0.1) is 5.60 Å². The molecule has 0 aromatic heterocycles. The fourth-order valence-electron chi connectivity index (χ4n) is 0.831. The van der Waals surface area contributed by atoms with Crippen molar-refractivity contribution in [3.05, 3.63) is 13.2 Å². The Kier molecular flexibility index (Phi) is 7.44. The molecule has 4 heteroatoms. The number of hydrogen-bond acceptors (Lipinski definition) is 3. The van der Waals surface area contributed by atoms with Gasteiger partial charge in [-0.2, -0.15) is 0 Å². The molecular formula is C9H24N2OSi. The van der Waals surface area contributed by atoms with Gasteiger partial charge in [-0.25, -0.2) is 0 Å². The molecule has 0 aromatic carbocycles. The van der Waals surface area contributed by atoms with Gasteiger partial charge in [0.15, 0.2) is 0 Å². The lowest BCUT2D eigenvalue weighted by Gasteiger charge is -2.33. The minimum atomic E-state index is -1.64. The minimum Gasteiger partial charge on any atom is -0.410 e. The summed E-state index contributed by atoms with van der Waals surface area (Å²) in [5, 5.41) is 0. The average molecular weight is 204 g/mol. The second kappa shape index (κ2) is 6.31. The number of hydrogen-bond donors (Lipinski definition) is 2. The molecule has 13 heavy (non-hydrogen) atoms. The highest BCUT2D eigenvalue weighted by Crippen LogP contribution is 2.14. The molecule has 0 unspecified atom stereocenters. The van der Waals surface area contributed by atoms with Crippen molar-refractivity contribution in [3.8, 4) is 0 Å². The average Bonchev–Trinajstić information content (AvgIpc) is 2.07. The molecule has 0 amide bonds. The predicted molar refractivity (Wildman–Crippen MR) is 62.0 cm³/mol. The summed E-state index contributed by atoms with van der Waals surface area (Å²) in [7, 11) is -1.64. The molecule has 0 saturated carbocycles. The normalized spacial score (nSPS) is 11.8. The van der Waals surface area contributed by atoms with Crippen molar-refractivity contribution in [1.82, 2.24) is 0 Å².